The molecule has 0 heterocycles. The van der Waals surface area contributed by atoms with Gasteiger partial charge in [-0.25, -0.2) is 19.6 Å². The Labute approximate surface area is 155 Å². The van der Waals surface area contributed by atoms with Crippen LogP contribution in [0.4, 0.5) is 0 Å². The van der Waals surface area contributed by atoms with Crippen molar-refractivity contribution in [1.29, 1.82) is 0 Å². The van der Waals surface area contributed by atoms with E-state index < -0.39 is 6.29 Å². The molecule has 1 fully saturated rings. The minimum Gasteiger partial charge on any atom is -0.228 e. The van der Waals surface area contributed by atoms with Crippen LogP contribution < -0.4 is 0 Å². The first-order valence-electron chi connectivity index (χ1n) is 10.2. The summed E-state index contributed by atoms with van der Waals surface area (Å²) in [6.45, 7) is 17.1. The minimum absolute atomic E-state index is 0.0950. The molecule has 2 atom stereocenters. The van der Waals surface area contributed by atoms with Crippen molar-refractivity contribution in [2.45, 2.75) is 124 Å². The van der Waals surface area contributed by atoms with E-state index in [1.807, 2.05) is 0 Å². The van der Waals surface area contributed by atoms with E-state index in [0.29, 0.717) is 5.92 Å². The summed E-state index contributed by atoms with van der Waals surface area (Å²) >= 11 is 0. The summed E-state index contributed by atoms with van der Waals surface area (Å²) in [4.78, 5) is 23.4. The van der Waals surface area contributed by atoms with Crippen molar-refractivity contribution in [2.75, 3.05) is 0 Å². The van der Waals surface area contributed by atoms with Gasteiger partial charge >= 0.3 is 0 Å². The summed E-state index contributed by atoms with van der Waals surface area (Å²) in [5, 5.41) is 0. The molecule has 0 aromatic rings. The first-order chi connectivity index (χ1) is 11.5. The lowest BCUT2D eigenvalue weighted by molar-refractivity contribution is -0.519. The standard InChI is InChI=1S/C21H42O4/c1-9-13-19(4,5)24-22-18(23-25-20(6,7)14-10-2)21(8)15-11-12-17(3)16-21/h17-18H,9-16H2,1-8H3. The number of hydrogen-bond acceptors (Lipinski definition) is 4. The van der Waals surface area contributed by atoms with E-state index in [0.717, 1.165) is 38.5 Å². The molecule has 25 heavy (non-hydrogen) atoms. The molecule has 1 rings (SSSR count). The van der Waals surface area contributed by atoms with E-state index >= 15 is 0 Å². The van der Waals surface area contributed by atoms with Crippen LogP contribution in [0, 0.1) is 11.3 Å². The molecule has 1 saturated carbocycles. The predicted molar refractivity (Wildman–Crippen MR) is 102 cm³/mol. The molecule has 0 spiro atoms. The SMILES string of the molecule is CCCC(C)(C)OOC(OOC(C)(C)CCC)C1(C)CCCC(C)C1. The molecule has 1 aliphatic carbocycles. The van der Waals surface area contributed by atoms with Crippen LogP contribution >= 0.6 is 0 Å². The highest BCUT2D eigenvalue weighted by Gasteiger charge is 2.43. The van der Waals surface area contributed by atoms with Crippen molar-refractivity contribution in [2.24, 2.45) is 11.3 Å². The predicted octanol–water partition coefficient (Wildman–Crippen LogP) is 6.58. The van der Waals surface area contributed by atoms with E-state index in [1.165, 1.54) is 12.8 Å². The average molecular weight is 359 g/mol. The third-order valence-electron chi connectivity index (χ3n) is 5.25. The topological polar surface area (TPSA) is 36.9 Å². The van der Waals surface area contributed by atoms with Crippen molar-refractivity contribution < 1.29 is 19.6 Å². The molecule has 2 unspecified atom stereocenters. The Morgan fingerprint density at radius 2 is 1.44 bits per heavy atom. The first-order valence-corrected chi connectivity index (χ1v) is 10.2. The monoisotopic (exact) mass is 358 g/mol. The van der Waals surface area contributed by atoms with Gasteiger partial charge in [-0.15, -0.1) is 0 Å². The molecule has 0 radical (unpaired) electrons. The van der Waals surface area contributed by atoms with E-state index in [4.69, 9.17) is 19.6 Å². The lowest BCUT2D eigenvalue weighted by Crippen LogP contribution is -2.43. The van der Waals surface area contributed by atoms with Gasteiger partial charge in [0.25, 0.3) is 0 Å². The fourth-order valence-electron chi connectivity index (χ4n) is 3.95. The van der Waals surface area contributed by atoms with Gasteiger partial charge in [-0.3, -0.25) is 0 Å². The van der Waals surface area contributed by atoms with Crippen LogP contribution in [0.2, 0.25) is 0 Å². The Morgan fingerprint density at radius 3 is 1.84 bits per heavy atom. The summed E-state index contributed by atoms with van der Waals surface area (Å²) in [6.07, 6.45) is 8.06. The average Bonchev–Trinajstić information content (AvgIpc) is 2.46. The molecular formula is C21H42O4. The van der Waals surface area contributed by atoms with E-state index in [1.54, 1.807) is 0 Å². The second kappa shape index (κ2) is 9.68. The lowest BCUT2D eigenvalue weighted by Gasteiger charge is -2.42. The highest BCUT2D eigenvalue weighted by molar-refractivity contribution is 4.84. The van der Waals surface area contributed by atoms with Gasteiger partial charge < -0.3 is 0 Å². The van der Waals surface area contributed by atoms with Gasteiger partial charge in [0.05, 0.1) is 11.2 Å². The summed E-state index contributed by atoms with van der Waals surface area (Å²) in [5.74, 6) is 0.667. The normalized spacial score (nSPS) is 25.6. The highest BCUT2D eigenvalue weighted by Crippen LogP contribution is 2.44. The smallest absolute Gasteiger partial charge is 0.228 e. The Bertz CT molecular complexity index is 358. The van der Waals surface area contributed by atoms with Crippen LogP contribution in [0.5, 0.6) is 0 Å². The van der Waals surface area contributed by atoms with E-state index in [2.05, 4.69) is 55.4 Å². The van der Waals surface area contributed by atoms with Crippen LogP contribution in [-0.2, 0) is 19.6 Å². The van der Waals surface area contributed by atoms with Gasteiger partial charge in [0.15, 0.2) is 0 Å². The maximum Gasteiger partial charge on any atom is 0.229 e. The molecule has 0 bridgehead atoms. The molecule has 4 heteroatoms. The van der Waals surface area contributed by atoms with Crippen molar-refractivity contribution >= 4 is 0 Å². The van der Waals surface area contributed by atoms with Crippen LogP contribution in [0.3, 0.4) is 0 Å². The number of rotatable bonds is 11. The zero-order valence-electron chi connectivity index (χ0n) is 17.9. The van der Waals surface area contributed by atoms with Gasteiger partial charge in [-0.2, -0.15) is 0 Å². The van der Waals surface area contributed by atoms with Gasteiger partial charge in [0.1, 0.15) is 0 Å². The van der Waals surface area contributed by atoms with Gasteiger partial charge in [0, 0.05) is 5.41 Å². The molecule has 4 nitrogen and oxygen atoms in total. The second-order valence-corrected chi connectivity index (χ2v) is 9.57. The van der Waals surface area contributed by atoms with Crippen molar-refractivity contribution in [3.8, 4) is 0 Å². The molecule has 0 aromatic heterocycles. The second-order valence-electron chi connectivity index (χ2n) is 9.57. The molecule has 0 saturated heterocycles. The van der Waals surface area contributed by atoms with Gasteiger partial charge in [-0.05, 0) is 59.3 Å². The minimum atomic E-state index is -0.512. The summed E-state index contributed by atoms with van der Waals surface area (Å²) in [5.41, 5.74) is -0.750. The third-order valence-corrected chi connectivity index (χ3v) is 5.25. The van der Waals surface area contributed by atoms with Crippen LogP contribution in [-0.4, -0.2) is 17.5 Å². The molecule has 0 aliphatic heterocycles. The van der Waals surface area contributed by atoms with Gasteiger partial charge in [-0.1, -0.05) is 53.4 Å². The maximum absolute atomic E-state index is 5.88. The number of hydrogen-bond donors (Lipinski definition) is 0. The molecule has 1 aliphatic rings. The third kappa shape index (κ3) is 7.94. The van der Waals surface area contributed by atoms with Crippen molar-refractivity contribution in [1.82, 2.24) is 0 Å². The fourth-order valence-corrected chi connectivity index (χ4v) is 3.95. The zero-order valence-corrected chi connectivity index (χ0v) is 17.9. The van der Waals surface area contributed by atoms with Crippen LogP contribution in [0.25, 0.3) is 0 Å². The van der Waals surface area contributed by atoms with Crippen molar-refractivity contribution in [3.05, 3.63) is 0 Å². The zero-order chi connectivity index (χ0) is 19.1. The maximum atomic E-state index is 5.88. The molecular weight excluding hydrogens is 316 g/mol. The van der Waals surface area contributed by atoms with E-state index in [-0.39, 0.29) is 16.6 Å². The highest BCUT2D eigenvalue weighted by atomic mass is 17.3. The summed E-state index contributed by atoms with van der Waals surface area (Å²) in [7, 11) is 0. The van der Waals surface area contributed by atoms with E-state index in [9.17, 15) is 0 Å². The largest absolute Gasteiger partial charge is 0.229 e. The Morgan fingerprint density at radius 1 is 0.960 bits per heavy atom. The quantitative estimate of drug-likeness (QED) is 0.237. The van der Waals surface area contributed by atoms with Gasteiger partial charge in [0.2, 0.25) is 6.29 Å². The Hall–Kier alpha value is -0.160. The Kier molecular flexibility index (Phi) is 8.86. The summed E-state index contributed by atoms with van der Waals surface area (Å²) < 4.78 is 0. The molecule has 0 aromatic carbocycles. The van der Waals surface area contributed by atoms with Crippen LogP contribution in [0.1, 0.15) is 107 Å². The summed E-state index contributed by atoms with van der Waals surface area (Å²) in [6, 6.07) is 0. The molecule has 150 valence electrons. The Balaban J connectivity index is 2.79. The molecule has 0 N–H and O–H groups in total. The lowest BCUT2D eigenvalue weighted by atomic mass is 9.71. The van der Waals surface area contributed by atoms with Crippen LogP contribution in [0.15, 0.2) is 0 Å². The fraction of sp³-hybridized carbons (Fsp3) is 1.00. The molecule has 0 amide bonds. The first kappa shape index (κ1) is 22.9. The van der Waals surface area contributed by atoms with Crippen molar-refractivity contribution in [3.63, 3.8) is 0 Å².